The van der Waals surface area contributed by atoms with E-state index in [0.717, 1.165) is 64.2 Å². The topological polar surface area (TPSA) is 86.1 Å². The molecule has 0 radical (unpaired) electrons. The molecule has 5 heterocycles. The van der Waals surface area contributed by atoms with Crippen LogP contribution in [0.1, 0.15) is 31.2 Å². The van der Waals surface area contributed by atoms with Crippen LogP contribution in [0.5, 0.6) is 0 Å². The minimum absolute atomic E-state index is 0.531. The molecule has 0 spiro atoms. The van der Waals surface area contributed by atoms with Crippen molar-refractivity contribution in [2.75, 3.05) is 11.9 Å². The van der Waals surface area contributed by atoms with Crippen LogP contribution < -0.4 is 5.32 Å². The Labute approximate surface area is 161 Å². The Hall–Kier alpha value is -3.42. The summed E-state index contributed by atoms with van der Waals surface area (Å²) in [7, 11) is 0. The third-order valence-corrected chi connectivity index (χ3v) is 4.85. The normalized spacial score (nSPS) is 11.8. The average Bonchev–Trinajstić information content (AvgIpc) is 3.42. The summed E-state index contributed by atoms with van der Waals surface area (Å²) in [5, 5.41) is 14.6. The molecule has 0 aliphatic heterocycles. The highest BCUT2D eigenvalue weighted by molar-refractivity contribution is 6.06. The zero-order valence-electron chi connectivity index (χ0n) is 15.9. The van der Waals surface area contributed by atoms with Gasteiger partial charge in [-0.3, -0.25) is 0 Å². The molecule has 0 aromatic carbocycles. The number of aromatic nitrogens is 6. The molecule has 0 unspecified atom stereocenters. The van der Waals surface area contributed by atoms with E-state index in [2.05, 4.69) is 22.4 Å². The van der Waals surface area contributed by atoms with E-state index in [-0.39, 0.29) is 0 Å². The highest BCUT2D eigenvalue weighted by Crippen LogP contribution is 2.29. The summed E-state index contributed by atoms with van der Waals surface area (Å²) in [6.07, 6.45) is 7.58. The van der Waals surface area contributed by atoms with Gasteiger partial charge < -0.3 is 9.73 Å². The van der Waals surface area contributed by atoms with Crippen LogP contribution in [0.3, 0.4) is 0 Å². The lowest BCUT2D eigenvalue weighted by Crippen LogP contribution is -2.07. The first-order valence-electron chi connectivity index (χ1n) is 9.51. The van der Waals surface area contributed by atoms with Crippen LogP contribution in [0.15, 0.2) is 41.3 Å². The van der Waals surface area contributed by atoms with Crippen molar-refractivity contribution in [1.82, 2.24) is 29.4 Å². The Morgan fingerprint density at radius 2 is 2.14 bits per heavy atom. The predicted octanol–water partition coefficient (Wildman–Crippen LogP) is 3.79. The zero-order chi connectivity index (χ0) is 19.1. The van der Waals surface area contributed by atoms with Crippen LogP contribution >= 0.6 is 0 Å². The van der Waals surface area contributed by atoms with Gasteiger partial charge in [0.15, 0.2) is 11.3 Å². The third kappa shape index (κ3) is 2.69. The minimum Gasteiger partial charge on any atom is -0.467 e. The van der Waals surface area contributed by atoms with Crippen LogP contribution in [0.25, 0.3) is 27.6 Å². The van der Waals surface area contributed by atoms with Crippen LogP contribution in [0, 0.1) is 6.92 Å². The van der Waals surface area contributed by atoms with Crippen molar-refractivity contribution < 1.29 is 4.42 Å². The molecule has 1 N–H and O–H groups in total. The molecule has 5 aromatic heterocycles. The van der Waals surface area contributed by atoms with Crippen LogP contribution in [-0.4, -0.2) is 35.9 Å². The van der Waals surface area contributed by atoms with E-state index in [1.807, 2.05) is 46.7 Å². The second-order valence-electron chi connectivity index (χ2n) is 6.94. The fourth-order valence-electron chi connectivity index (χ4n) is 3.50. The molecular weight excluding hydrogens is 354 g/mol. The maximum absolute atomic E-state index is 5.46. The molecule has 0 amide bonds. The van der Waals surface area contributed by atoms with E-state index in [9.17, 15) is 0 Å². The Morgan fingerprint density at radius 1 is 1.21 bits per heavy atom. The largest absolute Gasteiger partial charge is 0.467 e. The number of nitrogens with zero attached hydrogens (tertiary/aromatic N) is 6. The van der Waals surface area contributed by atoms with Gasteiger partial charge in [-0.2, -0.15) is 10.2 Å². The Morgan fingerprint density at radius 3 is 2.96 bits per heavy atom. The van der Waals surface area contributed by atoms with Crippen LogP contribution in [0.2, 0.25) is 0 Å². The molecule has 142 valence electrons. The number of furan rings is 1. The molecule has 8 nitrogen and oxygen atoms in total. The first kappa shape index (κ1) is 16.7. The van der Waals surface area contributed by atoms with Gasteiger partial charge in [0, 0.05) is 18.8 Å². The van der Waals surface area contributed by atoms with Crippen molar-refractivity contribution in [2.24, 2.45) is 0 Å². The molecule has 8 heteroatoms. The van der Waals surface area contributed by atoms with Gasteiger partial charge in [-0.25, -0.2) is 19.2 Å². The van der Waals surface area contributed by atoms with Gasteiger partial charge in [0.05, 0.1) is 34.4 Å². The van der Waals surface area contributed by atoms with Crippen LogP contribution in [0.4, 0.5) is 5.82 Å². The minimum atomic E-state index is 0.531. The Balaban J connectivity index is 1.73. The maximum Gasteiger partial charge on any atom is 0.160 e. The van der Waals surface area contributed by atoms with E-state index in [4.69, 9.17) is 14.4 Å². The maximum atomic E-state index is 5.46. The SMILES string of the molecule is CCCCNc1nc2cc(C)nn2c2c1cnc1c2cnn1Cc1ccco1. The van der Waals surface area contributed by atoms with E-state index in [1.54, 1.807) is 6.26 Å². The summed E-state index contributed by atoms with van der Waals surface area (Å²) >= 11 is 0. The van der Waals surface area contributed by atoms with Gasteiger partial charge in [0.25, 0.3) is 0 Å². The zero-order valence-corrected chi connectivity index (χ0v) is 15.9. The summed E-state index contributed by atoms with van der Waals surface area (Å²) in [6, 6.07) is 5.80. The number of nitrogens with one attached hydrogen (secondary N) is 1. The summed E-state index contributed by atoms with van der Waals surface area (Å²) in [5.74, 6) is 1.67. The summed E-state index contributed by atoms with van der Waals surface area (Å²) in [6.45, 7) is 5.55. The predicted molar refractivity (Wildman–Crippen MR) is 108 cm³/mol. The number of fused-ring (bicyclic) bond motifs is 5. The number of unbranched alkanes of at least 4 members (excludes halogenated alkanes) is 1. The van der Waals surface area contributed by atoms with Crippen molar-refractivity contribution in [3.05, 3.63) is 48.3 Å². The summed E-state index contributed by atoms with van der Waals surface area (Å²) in [4.78, 5) is 9.47. The van der Waals surface area contributed by atoms with Crippen molar-refractivity contribution in [2.45, 2.75) is 33.2 Å². The van der Waals surface area contributed by atoms with Gasteiger partial charge in [0.1, 0.15) is 18.1 Å². The standard InChI is InChI=1S/C20H21N7O/c1-3-4-7-21-19-15-10-22-20-16(11-23-26(20)12-14-6-5-8-28-14)18(15)27-17(24-19)9-13(2)25-27/h5-6,8-11H,3-4,7,12H2,1-2H3,(H,21,24). The first-order valence-corrected chi connectivity index (χ1v) is 9.51. The second kappa shape index (κ2) is 6.63. The molecule has 0 saturated carbocycles. The summed E-state index contributed by atoms with van der Waals surface area (Å²) < 4.78 is 9.20. The molecule has 0 fully saturated rings. The highest BCUT2D eigenvalue weighted by Gasteiger charge is 2.17. The molecule has 0 saturated heterocycles. The lowest BCUT2D eigenvalue weighted by molar-refractivity contribution is 0.483. The fourth-order valence-corrected chi connectivity index (χ4v) is 3.50. The number of hydrogen-bond acceptors (Lipinski definition) is 6. The van der Waals surface area contributed by atoms with Gasteiger partial charge in [-0.1, -0.05) is 13.3 Å². The van der Waals surface area contributed by atoms with E-state index >= 15 is 0 Å². The van der Waals surface area contributed by atoms with Gasteiger partial charge in [-0.15, -0.1) is 0 Å². The lowest BCUT2D eigenvalue weighted by atomic mass is 10.2. The molecule has 0 aliphatic carbocycles. The van der Waals surface area contributed by atoms with Gasteiger partial charge in [0.2, 0.25) is 0 Å². The summed E-state index contributed by atoms with van der Waals surface area (Å²) in [5.41, 5.74) is 3.50. The highest BCUT2D eigenvalue weighted by atomic mass is 16.3. The number of rotatable bonds is 6. The molecule has 5 aromatic rings. The number of aryl methyl sites for hydroxylation is 1. The smallest absolute Gasteiger partial charge is 0.160 e. The number of hydrogen-bond donors (Lipinski definition) is 1. The third-order valence-electron chi connectivity index (χ3n) is 4.85. The van der Waals surface area contributed by atoms with E-state index in [1.165, 1.54) is 0 Å². The van der Waals surface area contributed by atoms with Gasteiger partial charge >= 0.3 is 0 Å². The quantitative estimate of drug-likeness (QED) is 0.455. The van der Waals surface area contributed by atoms with E-state index < -0.39 is 0 Å². The second-order valence-corrected chi connectivity index (χ2v) is 6.94. The molecule has 28 heavy (non-hydrogen) atoms. The molecule has 5 rings (SSSR count). The van der Waals surface area contributed by atoms with E-state index in [0.29, 0.717) is 6.54 Å². The van der Waals surface area contributed by atoms with Crippen LogP contribution in [-0.2, 0) is 6.54 Å². The number of pyridine rings is 1. The van der Waals surface area contributed by atoms with Gasteiger partial charge in [-0.05, 0) is 25.5 Å². The van der Waals surface area contributed by atoms with Crippen molar-refractivity contribution in [1.29, 1.82) is 0 Å². The lowest BCUT2D eigenvalue weighted by Gasteiger charge is -2.10. The first-order chi connectivity index (χ1) is 13.7. The van der Waals surface area contributed by atoms with Crippen molar-refractivity contribution in [3.63, 3.8) is 0 Å². The molecular formula is C20H21N7O. The molecule has 0 atom stereocenters. The molecule has 0 bridgehead atoms. The monoisotopic (exact) mass is 375 g/mol. The Bertz CT molecular complexity index is 1270. The Kier molecular flexibility index (Phi) is 3.96. The average molecular weight is 375 g/mol. The van der Waals surface area contributed by atoms with Crippen molar-refractivity contribution >= 4 is 33.4 Å². The number of anilines is 1. The molecule has 0 aliphatic rings. The van der Waals surface area contributed by atoms with Crippen molar-refractivity contribution in [3.8, 4) is 0 Å². The fraction of sp³-hybridized carbons (Fsp3) is 0.300.